The SMILES string of the molecule is CN=C(NCC1CCCN(C)C1c1cccc(Cl)c1)NCC(c1ccco1)N(C)C. The number of likely N-dealkylation sites (tertiary alicyclic amines) is 1. The van der Waals surface area contributed by atoms with Crippen molar-refractivity contribution >= 4 is 17.6 Å². The predicted octanol–water partition coefficient (Wildman–Crippen LogP) is 3.78. The Morgan fingerprint density at radius 1 is 1.30 bits per heavy atom. The van der Waals surface area contributed by atoms with Gasteiger partial charge in [0.15, 0.2) is 5.96 Å². The molecule has 1 aliphatic heterocycles. The number of aliphatic imine (C=N–C) groups is 1. The van der Waals surface area contributed by atoms with Gasteiger partial charge >= 0.3 is 0 Å². The van der Waals surface area contributed by atoms with Crippen LogP contribution in [0.25, 0.3) is 0 Å². The van der Waals surface area contributed by atoms with E-state index < -0.39 is 0 Å². The molecule has 30 heavy (non-hydrogen) atoms. The first-order valence-electron chi connectivity index (χ1n) is 10.6. The Balaban J connectivity index is 1.61. The van der Waals surface area contributed by atoms with Crippen LogP contribution in [0.15, 0.2) is 52.1 Å². The highest BCUT2D eigenvalue weighted by molar-refractivity contribution is 6.30. The topological polar surface area (TPSA) is 56.0 Å². The molecule has 0 amide bonds. The highest BCUT2D eigenvalue weighted by atomic mass is 35.5. The zero-order valence-corrected chi connectivity index (χ0v) is 19.2. The Morgan fingerprint density at radius 3 is 2.80 bits per heavy atom. The third-order valence-electron chi connectivity index (χ3n) is 5.91. The first-order chi connectivity index (χ1) is 14.5. The van der Waals surface area contributed by atoms with Crippen LogP contribution in [0.1, 0.15) is 36.2 Å². The Kier molecular flexibility index (Phi) is 8.19. The van der Waals surface area contributed by atoms with Crippen molar-refractivity contribution in [3.63, 3.8) is 0 Å². The van der Waals surface area contributed by atoms with Crippen molar-refractivity contribution in [3.8, 4) is 0 Å². The van der Waals surface area contributed by atoms with Crippen molar-refractivity contribution in [2.45, 2.75) is 24.9 Å². The number of nitrogens with one attached hydrogen (secondary N) is 2. The average Bonchev–Trinajstić information content (AvgIpc) is 3.24. The van der Waals surface area contributed by atoms with Crippen molar-refractivity contribution in [2.24, 2.45) is 10.9 Å². The van der Waals surface area contributed by atoms with Gasteiger partial charge in [-0.1, -0.05) is 23.7 Å². The van der Waals surface area contributed by atoms with Gasteiger partial charge in [0.2, 0.25) is 0 Å². The molecular formula is C23H34ClN5O. The number of halogens is 1. The molecule has 3 atom stereocenters. The minimum Gasteiger partial charge on any atom is -0.468 e. The van der Waals surface area contributed by atoms with E-state index in [-0.39, 0.29) is 6.04 Å². The predicted molar refractivity (Wildman–Crippen MR) is 124 cm³/mol. The van der Waals surface area contributed by atoms with Gasteiger partial charge in [0.1, 0.15) is 5.76 Å². The Labute approximate surface area is 185 Å². The fourth-order valence-corrected chi connectivity index (χ4v) is 4.55. The summed E-state index contributed by atoms with van der Waals surface area (Å²) in [6.07, 6.45) is 4.10. The number of hydrogen-bond donors (Lipinski definition) is 2. The Hall–Kier alpha value is -2.02. The molecular weight excluding hydrogens is 398 g/mol. The average molecular weight is 432 g/mol. The number of nitrogens with zero attached hydrogens (tertiary/aromatic N) is 3. The van der Waals surface area contributed by atoms with Gasteiger partial charge in [0, 0.05) is 31.2 Å². The van der Waals surface area contributed by atoms with Gasteiger partial charge in [-0.15, -0.1) is 0 Å². The van der Waals surface area contributed by atoms with Crippen LogP contribution in [-0.4, -0.2) is 63.6 Å². The molecule has 1 fully saturated rings. The number of benzene rings is 1. The second kappa shape index (κ2) is 10.8. The normalized spacial score (nSPS) is 21.6. The Morgan fingerprint density at radius 2 is 2.13 bits per heavy atom. The maximum atomic E-state index is 6.27. The molecule has 7 heteroatoms. The molecule has 0 saturated carbocycles. The molecule has 2 N–H and O–H groups in total. The minimum atomic E-state index is 0.138. The van der Waals surface area contributed by atoms with Crippen LogP contribution in [0.2, 0.25) is 5.02 Å². The number of piperidine rings is 1. The van der Waals surface area contributed by atoms with E-state index >= 15 is 0 Å². The molecule has 1 saturated heterocycles. The van der Waals surface area contributed by atoms with E-state index in [2.05, 4.69) is 58.7 Å². The van der Waals surface area contributed by atoms with Crippen LogP contribution >= 0.6 is 11.6 Å². The van der Waals surface area contributed by atoms with Gasteiger partial charge in [0.05, 0.1) is 12.3 Å². The summed E-state index contributed by atoms with van der Waals surface area (Å²) in [4.78, 5) is 9.01. The standard InChI is InChI=1S/C23H34ClN5O/c1-25-23(27-16-20(28(2)3)21-11-7-13-30-21)26-15-18-9-6-12-29(4)22(18)17-8-5-10-19(24)14-17/h5,7-8,10-11,13-14,18,20,22H,6,9,12,15-16H2,1-4H3,(H2,25,26,27). The van der Waals surface area contributed by atoms with E-state index in [1.807, 2.05) is 31.3 Å². The van der Waals surface area contributed by atoms with Crippen molar-refractivity contribution in [1.82, 2.24) is 20.4 Å². The molecule has 3 rings (SSSR count). The smallest absolute Gasteiger partial charge is 0.191 e. The number of rotatable bonds is 7. The monoisotopic (exact) mass is 431 g/mol. The lowest BCUT2D eigenvalue weighted by Crippen LogP contribution is -2.46. The van der Waals surface area contributed by atoms with E-state index in [4.69, 9.17) is 16.0 Å². The van der Waals surface area contributed by atoms with Crippen LogP contribution in [0.3, 0.4) is 0 Å². The molecule has 0 bridgehead atoms. The van der Waals surface area contributed by atoms with Crippen molar-refractivity contribution in [2.75, 3.05) is 47.8 Å². The fraction of sp³-hybridized carbons (Fsp3) is 0.522. The molecule has 1 aromatic carbocycles. The van der Waals surface area contributed by atoms with Gasteiger partial charge in [-0.25, -0.2) is 0 Å². The summed E-state index contributed by atoms with van der Waals surface area (Å²) in [6, 6.07) is 12.7. The van der Waals surface area contributed by atoms with E-state index in [1.165, 1.54) is 18.4 Å². The number of guanidine groups is 1. The van der Waals surface area contributed by atoms with Crippen LogP contribution in [0, 0.1) is 5.92 Å². The molecule has 1 aliphatic rings. The molecule has 3 unspecified atom stereocenters. The zero-order chi connectivity index (χ0) is 21.5. The Bertz CT molecular complexity index is 808. The second-order valence-electron chi connectivity index (χ2n) is 8.21. The summed E-state index contributed by atoms with van der Waals surface area (Å²) in [5.74, 6) is 2.24. The van der Waals surface area contributed by atoms with Crippen LogP contribution in [0.5, 0.6) is 0 Å². The van der Waals surface area contributed by atoms with Gasteiger partial charge in [-0.3, -0.25) is 14.8 Å². The van der Waals surface area contributed by atoms with Crippen LogP contribution in [0.4, 0.5) is 0 Å². The zero-order valence-electron chi connectivity index (χ0n) is 18.4. The molecule has 2 aromatic rings. The van der Waals surface area contributed by atoms with Crippen molar-refractivity contribution in [1.29, 1.82) is 0 Å². The summed E-state index contributed by atoms with van der Waals surface area (Å²) in [5.41, 5.74) is 1.28. The maximum absolute atomic E-state index is 6.27. The van der Waals surface area contributed by atoms with Gasteiger partial charge in [0.25, 0.3) is 0 Å². The van der Waals surface area contributed by atoms with Crippen LogP contribution in [-0.2, 0) is 0 Å². The van der Waals surface area contributed by atoms with Crippen molar-refractivity contribution in [3.05, 3.63) is 59.0 Å². The summed E-state index contributed by atoms with van der Waals surface area (Å²) < 4.78 is 5.60. The van der Waals surface area contributed by atoms with E-state index in [1.54, 1.807) is 6.26 Å². The maximum Gasteiger partial charge on any atom is 0.191 e. The molecule has 1 aromatic heterocycles. The van der Waals surface area contributed by atoms with Crippen LogP contribution < -0.4 is 10.6 Å². The summed E-state index contributed by atoms with van der Waals surface area (Å²) in [5, 5.41) is 7.79. The lowest BCUT2D eigenvalue weighted by molar-refractivity contribution is 0.122. The summed E-state index contributed by atoms with van der Waals surface area (Å²) in [7, 11) is 8.13. The third kappa shape index (κ3) is 5.78. The molecule has 0 aliphatic carbocycles. The fourth-order valence-electron chi connectivity index (χ4n) is 4.35. The van der Waals surface area contributed by atoms with E-state index in [0.29, 0.717) is 18.5 Å². The lowest BCUT2D eigenvalue weighted by Gasteiger charge is -2.40. The van der Waals surface area contributed by atoms with Gasteiger partial charge in [-0.05, 0) is 76.3 Å². The summed E-state index contributed by atoms with van der Waals surface area (Å²) in [6.45, 7) is 2.67. The number of likely N-dealkylation sites (N-methyl/N-ethyl adjacent to an activating group) is 1. The van der Waals surface area contributed by atoms with Gasteiger partial charge < -0.3 is 15.1 Å². The molecule has 0 radical (unpaired) electrons. The van der Waals surface area contributed by atoms with Crippen molar-refractivity contribution < 1.29 is 4.42 Å². The first kappa shape index (κ1) is 22.7. The number of hydrogen-bond acceptors (Lipinski definition) is 4. The molecule has 0 spiro atoms. The quantitative estimate of drug-likeness (QED) is 0.516. The third-order valence-corrected chi connectivity index (χ3v) is 6.15. The van der Waals surface area contributed by atoms with Gasteiger partial charge in [-0.2, -0.15) is 0 Å². The molecule has 2 heterocycles. The highest BCUT2D eigenvalue weighted by Crippen LogP contribution is 2.35. The molecule has 164 valence electrons. The minimum absolute atomic E-state index is 0.138. The lowest BCUT2D eigenvalue weighted by atomic mass is 9.85. The first-order valence-corrected chi connectivity index (χ1v) is 11.0. The number of furan rings is 1. The second-order valence-corrected chi connectivity index (χ2v) is 8.65. The largest absolute Gasteiger partial charge is 0.468 e. The van der Waals surface area contributed by atoms with E-state index in [9.17, 15) is 0 Å². The summed E-state index contributed by atoms with van der Waals surface area (Å²) >= 11 is 6.27. The highest BCUT2D eigenvalue weighted by Gasteiger charge is 2.30. The van der Waals surface area contributed by atoms with E-state index in [0.717, 1.165) is 29.8 Å². The molecule has 6 nitrogen and oxygen atoms in total.